The molecule has 0 unspecified atom stereocenters. The van der Waals surface area contributed by atoms with Gasteiger partial charge in [0, 0.05) is 95.3 Å². The van der Waals surface area contributed by atoms with Crippen LogP contribution in [0.15, 0.2) is 55.1 Å². The molecule has 6 heterocycles. The Morgan fingerprint density at radius 3 is 2.49 bits per heavy atom. The molecule has 0 saturated carbocycles. The van der Waals surface area contributed by atoms with E-state index in [9.17, 15) is 5.26 Å². The van der Waals surface area contributed by atoms with Crippen molar-refractivity contribution in [1.82, 2.24) is 34.3 Å². The number of anilines is 2. The summed E-state index contributed by atoms with van der Waals surface area (Å²) in [6.07, 6.45) is 10.2. The van der Waals surface area contributed by atoms with E-state index in [0.717, 1.165) is 66.6 Å². The molecule has 5 aromatic heterocycles. The average molecular weight is 517 g/mol. The SMILES string of the molecule is CN(C)c1ccc(CN2CCN(c3ccc(-c4cc(-c5c#cn(C)n5)cn5ncc(C#N)c45)cn3)CC2)cn1. The third-order valence-electron chi connectivity index (χ3n) is 7.02. The van der Waals surface area contributed by atoms with E-state index in [-0.39, 0.29) is 0 Å². The van der Waals surface area contributed by atoms with Crippen molar-refractivity contribution in [1.29, 1.82) is 5.26 Å². The minimum atomic E-state index is 0.514. The number of aryl methyl sites for hydroxylation is 1. The van der Waals surface area contributed by atoms with Crippen LogP contribution in [0.25, 0.3) is 27.9 Å². The third kappa shape index (κ3) is 4.86. The third-order valence-corrected chi connectivity index (χ3v) is 7.02. The van der Waals surface area contributed by atoms with E-state index < -0.39 is 0 Å². The summed E-state index contributed by atoms with van der Waals surface area (Å²) in [5.74, 6) is 1.92. The first kappa shape index (κ1) is 24.4. The summed E-state index contributed by atoms with van der Waals surface area (Å²) >= 11 is 0. The van der Waals surface area contributed by atoms with E-state index in [1.165, 1.54) is 5.56 Å². The molecule has 0 aliphatic carbocycles. The van der Waals surface area contributed by atoms with Gasteiger partial charge in [0.05, 0.1) is 17.3 Å². The largest absolute Gasteiger partial charge is 0.363 e. The molecule has 1 aliphatic rings. The van der Waals surface area contributed by atoms with Crippen LogP contribution in [-0.4, -0.2) is 74.5 Å². The second-order valence-corrected chi connectivity index (χ2v) is 9.90. The van der Waals surface area contributed by atoms with Crippen LogP contribution < -0.4 is 9.80 Å². The second-order valence-electron chi connectivity index (χ2n) is 9.90. The molecule has 0 radical (unpaired) electrons. The highest BCUT2D eigenvalue weighted by Crippen LogP contribution is 2.31. The van der Waals surface area contributed by atoms with Gasteiger partial charge in [-0.3, -0.25) is 4.90 Å². The molecule has 6 rings (SSSR count). The summed E-state index contributed by atoms with van der Waals surface area (Å²) in [4.78, 5) is 16.1. The van der Waals surface area contributed by atoms with Crippen LogP contribution in [0.2, 0.25) is 0 Å². The summed E-state index contributed by atoms with van der Waals surface area (Å²) in [7, 11) is 5.81. The molecule has 0 spiro atoms. The van der Waals surface area contributed by atoms with Crippen molar-refractivity contribution in [3.63, 3.8) is 0 Å². The van der Waals surface area contributed by atoms with Crippen LogP contribution in [0, 0.1) is 23.6 Å². The van der Waals surface area contributed by atoms with Crippen molar-refractivity contribution in [2.75, 3.05) is 50.1 Å². The highest BCUT2D eigenvalue weighted by atomic mass is 15.3. The van der Waals surface area contributed by atoms with Gasteiger partial charge in [0.1, 0.15) is 23.4 Å². The minimum Gasteiger partial charge on any atom is -0.363 e. The molecule has 1 saturated heterocycles. The number of hydrogen-bond acceptors (Lipinski definition) is 8. The highest BCUT2D eigenvalue weighted by Gasteiger charge is 2.20. The summed E-state index contributed by atoms with van der Waals surface area (Å²) < 4.78 is 3.32. The molecule has 194 valence electrons. The number of nitrogens with zero attached hydrogens (tertiary/aromatic N) is 10. The first-order chi connectivity index (χ1) is 19.0. The van der Waals surface area contributed by atoms with Crippen LogP contribution >= 0.6 is 0 Å². The first-order valence-electron chi connectivity index (χ1n) is 12.8. The Balaban J connectivity index is 1.19. The number of nitriles is 1. The van der Waals surface area contributed by atoms with Crippen LogP contribution in [0.1, 0.15) is 11.1 Å². The number of pyridine rings is 3. The zero-order valence-corrected chi connectivity index (χ0v) is 22.2. The molecule has 39 heavy (non-hydrogen) atoms. The average Bonchev–Trinajstić information content (AvgIpc) is 3.59. The zero-order chi connectivity index (χ0) is 26.9. The summed E-state index contributed by atoms with van der Waals surface area (Å²) in [6, 6.07) is 15.7. The normalized spacial score (nSPS) is 13.8. The van der Waals surface area contributed by atoms with Gasteiger partial charge in [-0.05, 0) is 35.9 Å². The van der Waals surface area contributed by atoms with Gasteiger partial charge in [-0.25, -0.2) is 19.2 Å². The molecule has 1 fully saturated rings. The van der Waals surface area contributed by atoms with Crippen molar-refractivity contribution in [2.45, 2.75) is 6.54 Å². The van der Waals surface area contributed by atoms with Gasteiger partial charge in [-0.1, -0.05) is 6.07 Å². The standard InChI is InChI=1S/C29H28N10/c1-35(2)27-6-4-21(16-31-27)19-37-10-12-38(13-11-37)28-7-5-22(17-32-28)25-14-23(26-8-9-36(3)34-26)20-39-29(25)24(15-30)18-33-39/h4-7,14,16-18,20H,10-13,19H2,1-3H3. The smallest absolute Gasteiger partial charge is 0.145 e. The Morgan fingerprint density at radius 1 is 1.00 bits per heavy atom. The maximum absolute atomic E-state index is 9.69. The number of rotatable bonds is 6. The Bertz CT molecular complexity index is 1630. The van der Waals surface area contributed by atoms with E-state index in [4.69, 9.17) is 4.98 Å². The summed E-state index contributed by atoms with van der Waals surface area (Å²) in [6.45, 7) is 4.62. The fourth-order valence-corrected chi connectivity index (χ4v) is 4.92. The number of aromatic nitrogens is 6. The van der Waals surface area contributed by atoms with Gasteiger partial charge in [-0.15, -0.1) is 0 Å². The highest BCUT2D eigenvalue weighted by molar-refractivity contribution is 5.87. The Hall–Kier alpha value is -4.93. The number of fused-ring (bicyclic) bond motifs is 1. The quantitative estimate of drug-likeness (QED) is 0.340. The molecule has 10 nitrogen and oxygen atoms in total. The predicted molar refractivity (Wildman–Crippen MR) is 149 cm³/mol. The van der Waals surface area contributed by atoms with Crippen molar-refractivity contribution in [2.24, 2.45) is 7.05 Å². The molecule has 10 heteroatoms. The van der Waals surface area contributed by atoms with Gasteiger partial charge in [0.25, 0.3) is 0 Å². The monoisotopic (exact) mass is 516 g/mol. The van der Waals surface area contributed by atoms with Gasteiger partial charge < -0.3 is 9.80 Å². The van der Waals surface area contributed by atoms with Gasteiger partial charge in [-0.2, -0.15) is 15.5 Å². The first-order valence-corrected chi connectivity index (χ1v) is 12.8. The van der Waals surface area contributed by atoms with Crippen molar-refractivity contribution >= 4 is 17.2 Å². The fraction of sp³-hybridized carbons (Fsp3) is 0.276. The summed E-state index contributed by atoms with van der Waals surface area (Å²) in [5.41, 5.74) is 5.78. The lowest BCUT2D eigenvalue weighted by Crippen LogP contribution is -2.46. The van der Waals surface area contributed by atoms with E-state index in [1.54, 1.807) is 15.4 Å². The van der Waals surface area contributed by atoms with Crippen molar-refractivity contribution in [3.8, 4) is 28.5 Å². The summed E-state index contributed by atoms with van der Waals surface area (Å²) in [5, 5.41) is 18.5. The van der Waals surface area contributed by atoms with Gasteiger partial charge >= 0.3 is 0 Å². The molecule has 0 aromatic carbocycles. The minimum absolute atomic E-state index is 0.514. The molecule has 1 aliphatic heterocycles. The van der Waals surface area contributed by atoms with E-state index in [1.807, 2.05) is 50.7 Å². The van der Waals surface area contributed by atoms with Crippen molar-refractivity contribution in [3.05, 3.63) is 78.5 Å². The Labute approximate surface area is 227 Å². The zero-order valence-electron chi connectivity index (χ0n) is 22.2. The maximum atomic E-state index is 9.69. The van der Waals surface area contributed by atoms with Gasteiger partial charge in [0.15, 0.2) is 0 Å². The van der Waals surface area contributed by atoms with E-state index in [0.29, 0.717) is 11.3 Å². The molecule has 0 N–H and O–H groups in total. The number of hydrogen-bond donors (Lipinski definition) is 0. The molecule has 0 bridgehead atoms. The topological polar surface area (TPSA) is 94.4 Å². The predicted octanol–water partition coefficient (Wildman–Crippen LogP) is 3.05. The maximum Gasteiger partial charge on any atom is 0.145 e. The lowest BCUT2D eigenvalue weighted by atomic mass is 10.0. The van der Waals surface area contributed by atoms with Crippen LogP contribution in [-0.2, 0) is 13.6 Å². The molecule has 5 aromatic rings. The lowest BCUT2D eigenvalue weighted by Gasteiger charge is -2.35. The Morgan fingerprint density at radius 2 is 1.85 bits per heavy atom. The molecule has 0 atom stereocenters. The van der Waals surface area contributed by atoms with Crippen LogP contribution in [0.5, 0.6) is 0 Å². The van der Waals surface area contributed by atoms with E-state index in [2.05, 4.69) is 67.6 Å². The Kier molecular flexibility index (Phi) is 6.31. The van der Waals surface area contributed by atoms with Crippen molar-refractivity contribution < 1.29 is 0 Å². The second kappa shape index (κ2) is 10.1. The number of piperazine rings is 1. The molecular formula is C29H28N10. The fourth-order valence-electron chi connectivity index (χ4n) is 4.92. The molecular weight excluding hydrogens is 488 g/mol. The van der Waals surface area contributed by atoms with Gasteiger partial charge in [0.2, 0.25) is 0 Å². The van der Waals surface area contributed by atoms with Crippen LogP contribution in [0.3, 0.4) is 0 Å². The molecule has 0 amide bonds. The van der Waals surface area contributed by atoms with E-state index >= 15 is 0 Å². The lowest BCUT2D eigenvalue weighted by molar-refractivity contribution is 0.249. The van der Waals surface area contributed by atoms with Crippen LogP contribution in [0.4, 0.5) is 11.6 Å².